The van der Waals surface area contributed by atoms with E-state index in [1.165, 1.54) is 24.3 Å². The number of rotatable bonds is 4. The molecule has 34 heavy (non-hydrogen) atoms. The molecule has 0 N–H and O–H groups in total. The smallest absolute Gasteiger partial charge is 0.348 e. The van der Waals surface area contributed by atoms with Gasteiger partial charge in [-0.3, -0.25) is 0 Å². The molecule has 0 aliphatic carbocycles. The van der Waals surface area contributed by atoms with Gasteiger partial charge in [0.15, 0.2) is 17.5 Å². The average Bonchev–Trinajstić information content (AvgIpc) is 3.24. The van der Waals surface area contributed by atoms with Crippen LogP contribution < -0.4 is 0 Å². The normalized spacial score (nSPS) is 11.8. The first kappa shape index (κ1) is 21.8. The number of nitrogens with zero attached hydrogens (tertiary/aromatic N) is 3. The molecule has 0 bridgehead atoms. The summed E-state index contributed by atoms with van der Waals surface area (Å²) >= 11 is 0. The van der Waals surface area contributed by atoms with E-state index < -0.39 is 23.4 Å². The Hall–Kier alpha value is -4.07. The summed E-state index contributed by atoms with van der Waals surface area (Å²) in [6, 6.07) is 17.9. The fourth-order valence-corrected chi connectivity index (χ4v) is 3.83. The highest BCUT2D eigenvalue weighted by Crippen LogP contribution is 2.37. The van der Waals surface area contributed by atoms with Crippen molar-refractivity contribution in [3.63, 3.8) is 0 Å². The molecule has 0 aromatic heterocycles. The minimum Gasteiger partial charge on any atom is -0.348 e. The molecule has 3 aromatic rings. The quantitative estimate of drug-likeness (QED) is 0.266. The summed E-state index contributed by atoms with van der Waals surface area (Å²) in [4.78, 5) is 8.61. The maximum absolute atomic E-state index is 14.1. The van der Waals surface area contributed by atoms with Gasteiger partial charge >= 0.3 is 6.18 Å². The van der Waals surface area contributed by atoms with E-state index in [1.807, 2.05) is 4.57 Å². The van der Waals surface area contributed by atoms with Gasteiger partial charge in [0, 0.05) is 18.9 Å². The van der Waals surface area contributed by atoms with Crippen molar-refractivity contribution < 1.29 is 22.0 Å². The van der Waals surface area contributed by atoms with Crippen LogP contribution in [0.1, 0.15) is 11.1 Å². The zero-order chi connectivity index (χ0) is 23.9. The lowest BCUT2D eigenvalue weighted by molar-refractivity contribution is -0.137. The van der Waals surface area contributed by atoms with Crippen LogP contribution in [0.5, 0.6) is 0 Å². The van der Waals surface area contributed by atoms with Crippen molar-refractivity contribution in [1.29, 1.82) is 0 Å². The van der Waals surface area contributed by atoms with Crippen molar-refractivity contribution in [2.45, 2.75) is 12.7 Å². The van der Waals surface area contributed by atoms with Crippen LogP contribution in [0.25, 0.3) is 33.9 Å². The molecule has 0 saturated carbocycles. The van der Waals surface area contributed by atoms with E-state index in [0.29, 0.717) is 23.5 Å². The Kier molecular flexibility index (Phi) is 5.36. The number of hydrogen-bond acceptors (Lipinski definition) is 2. The van der Waals surface area contributed by atoms with Crippen LogP contribution >= 0.6 is 0 Å². The Morgan fingerprint density at radius 1 is 0.735 bits per heavy atom. The van der Waals surface area contributed by atoms with Gasteiger partial charge in [0.2, 0.25) is 0 Å². The highest BCUT2D eigenvalue weighted by atomic mass is 19.4. The SMILES string of the molecule is Fc1cccc(-c2nc3ccn(Cc4ccc(-c5ccccc5C(F)(F)F)cc4)cc-3n2)c1F. The zero-order valence-electron chi connectivity index (χ0n) is 17.5. The predicted molar refractivity (Wildman–Crippen MR) is 118 cm³/mol. The second-order valence-corrected chi connectivity index (χ2v) is 7.78. The molecule has 0 spiro atoms. The van der Waals surface area contributed by atoms with Crippen molar-refractivity contribution in [2.75, 3.05) is 0 Å². The van der Waals surface area contributed by atoms with Gasteiger partial charge in [-0.2, -0.15) is 13.2 Å². The van der Waals surface area contributed by atoms with E-state index in [1.54, 1.807) is 48.8 Å². The Bertz CT molecular complexity index is 1440. The summed E-state index contributed by atoms with van der Waals surface area (Å²) in [6.45, 7) is 0.438. The largest absolute Gasteiger partial charge is 0.417 e. The van der Waals surface area contributed by atoms with Gasteiger partial charge in [-0.15, -0.1) is 0 Å². The second kappa shape index (κ2) is 8.37. The second-order valence-electron chi connectivity index (χ2n) is 7.78. The third kappa shape index (κ3) is 4.14. The topological polar surface area (TPSA) is 30.7 Å². The summed E-state index contributed by atoms with van der Waals surface area (Å²) in [5.41, 5.74) is 1.82. The number of benzene rings is 3. The number of pyridine rings is 1. The van der Waals surface area contributed by atoms with Gasteiger partial charge in [-0.25, -0.2) is 18.7 Å². The minimum absolute atomic E-state index is 0.0162. The van der Waals surface area contributed by atoms with Crippen LogP contribution in [-0.2, 0) is 12.7 Å². The summed E-state index contributed by atoms with van der Waals surface area (Å²) in [6.07, 6.45) is -0.931. The molecule has 0 amide bonds. The average molecular weight is 465 g/mol. The van der Waals surface area contributed by atoms with Gasteiger partial charge in [0.05, 0.1) is 16.8 Å². The van der Waals surface area contributed by atoms with Crippen molar-refractivity contribution in [3.05, 3.63) is 108 Å². The number of imidazole rings is 1. The van der Waals surface area contributed by atoms with Crippen molar-refractivity contribution >= 4 is 0 Å². The number of fused-ring (bicyclic) bond motifs is 1. The lowest BCUT2D eigenvalue weighted by atomic mass is 9.98. The lowest BCUT2D eigenvalue weighted by Gasteiger charge is -2.13. The van der Waals surface area contributed by atoms with Gasteiger partial charge in [0.1, 0.15) is 5.69 Å². The van der Waals surface area contributed by atoms with Crippen molar-refractivity contribution in [2.24, 2.45) is 0 Å². The Balaban J connectivity index is 1.40. The maximum atomic E-state index is 14.1. The Morgan fingerprint density at radius 3 is 2.21 bits per heavy atom. The highest BCUT2D eigenvalue weighted by molar-refractivity contribution is 5.68. The van der Waals surface area contributed by atoms with Crippen molar-refractivity contribution in [3.8, 4) is 33.9 Å². The molecule has 0 fully saturated rings. The monoisotopic (exact) mass is 465 g/mol. The number of halogens is 5. The van der Waals surface area contributed by atoms with Gasteiger partial charge in [-0.1, -0.05) is 48.5 Å². The first-order valence-corrected chi connectivity index (χ1v) is 10.3. The summed E-state index contributed by atoms with van der Waals surface area (Å²) in [7, 11) is 0. The molecule has 3 aromatic carbocycles. The Morgan fingerprint density at radius 2 is 1.44 bits per heavy atom. The maximum Gasteiger partial charge on any atom is 0.417 e. The molecule has 0 atom stereocenters. The van der Waals surface area contributed by atoms with E-state index in [4.69, 9.17) is 0 Å². The van der Waals surface area contributed by atoms with E-state index in [-0.39, 0.29) is 17.0 Å². The molecule has 2 aliphatic heterocycles. The van der Waals surface area contributed by atoms with E-state index in [9.17, 15) is 22.0 Å². The molecule has 2 aliphatic rings. The van der Waals surface area contributed by atoms with Crippen LogP contribution in [-0.4, -0.2) is 14.5 Å². The predicted octanol–water partition coefficient (Wildman–Crippen LogP) is 7.06. The first-order valence-electron chi connectivity index (χ1n) is 10.3. The Labute approximate surface area is 191 Å². The highest BCUT2D eigenvalue weighted by Gasteiger charge is 2.33. The molecule has 5 rings (SSSR count). The van der Waals surface area contributed by atoms with Gasteiger partial charge in [-0.05, 0) is 41.0 Å². The fraction of sp³-hybridized carbons (Fsp3) is 0.0769. The number of aromatic nitrogens is 3. The fourth-order valence-electron chi connectivity index (χ4n) is 3.83. The first-order chi connectivity index (χ1) is 16.3. The van der Waals surface area contributed by atoms with Crippen LogP contribution in [0.15, 0.2) is 85.2 Å². The molecule has 170 valence electrons. The molecule has 3 nitrogen and oxygen atoms in total. The molecule has 0 unspecified atom stereocenters. The van der Waals surface area contributed by atoms with E-state index in [2.05, 4.69) is 9.97 Å². The standard InChI is InChI=1S/C26H16F5N3/c27-21-7-3-5-19(24(21)28)25-32-22-12-13-34(15-23(22)33-25)14-16-8-10-17(11-9-16)18-4-1-2-6-20(18)26(29,30)31/h1-13,15H,14H2. The number of alkyl halides is 3. The molecular weight excluding hydrogens is 449 g/mol. The summed E-state index contributed by atoms with van der Waals surface area (Å²) in [5.74, 6) is -1.88. The lowest BCUT2D eigenvalue weighted by Crippen LogP contribution is -2.07. The van der Waals surface area contributed by atoms with Crippen LogP contribution in [0.3, 0.4) is 0 Å². The van der Waals surface area contributed by atoms with Crippen LogP contribution in [0.4, 0.5) is 22.0 Å². The molecule has 0 saturated heterocycles. The third-order valence-corrected chi connectivity index (χ3v) is 5.48. The van der Waals surface area contributed by atoms with Crippen molar-refractivity contribution in [1.82, 2.24) is 14.5 Å². The minimum atomic E-state index is -4.44. The van der Waals surface area contributed by atoms with E-state index >= 15 is 0 Å². The summed E-state index contributed by atoms with van der Waals surface area (Å²) < 4.78 is 69.5. The molecule has 0 radical (unpaired) electrons. The summed E-state index contributed by atoms with van der Waals surface area (Å²) in [5, 5.41) is 0. The molecule has 2 heterocycles. The third-order valence-electron chi connectivity index (χ3n) is 5.48. The van der Waals surface area contributed by atoms with Crippen LogP contribution in [0.2, 0.25) is 0 Å². The van der Waals surface area contributed by atoms with E-state index in [0.717, 1.165) is 17.7 Å². The van der Waals surface area contributed by atoms with Gasteiger partial charge < -0.3 is 4.57 Å². The number of hydrogen-bond donors (Lipinski definition) is 0. The van der Waals surface area contributed by atoms with Crippen LogP contribution in [0, 0.1) is 11.6 Å². The molecular formula is C26H16F5N3. The van der Waals surface area contributed by atoms with Gasteiger partial charge in [0.25, 0.3) is 0 Å². The molecule has 8 heteroatoms. The zero-order valence-corrected chi connectivity index (χ0v) is 17.5.